The van der Waals surface area contributed by atoms with Gasteiger partial charge in [0.25, 0.3) is 0 Å². The Labute approximate surface area is 132 Å². The largest absolute Gasteiger partial charge is 0.462 e. The average molecular weight is 338 g/mol. The molecule has 6 atom stereocenters. The van der Waals surface area contributed by atoms with Gasteiger partial charge in [0.2, 0.25) is 0 Å². The molecule has 10 nitrogen and oxygen atoms in total. The minimum absolute atomic E-state index is 0.258. The second-order valence-corrected chi connectivity index (χ2v) is 5.06. The maximum absolute atomic E-state index is 11.0. The Hall–Kier alpha value is -1.30. The number of esters is 2. The van der Waals surface area contributed by atoms with E-state index in [1.807, 2.05) is 0 Å². The van der Waals surface area contributed by atoms with Crippen LogP contribution in [0.5, 0.6) is 0 Å². The molecule has 0 aromatic rings. The van der Waals surface area contributed by atoms with E-state index in [-0.39, 0.29) is 13.2 Å². The smallest absolute Gasteiger partial charge is 0.303 e. The molecule has 0 amide bonds. The van der Waals surface area contributed by atoms with Gasteiger partial charge in [-0.15, -0.1) is 0 Å². The first kappa shape index (κ1) is 19.7. The SMILES string of the molecule is CC(=O)OC[C@H](CO[C@@H]1O[C@H](CO)[C@H](O)[C@H](O)[C@H]1O)OC(C)=O. The van der Waals surface area contributed by atoms with Crippen molar-refractivity contribution < 1.29 is 49.0 Å². The number of aliphatic hydroxyl groups is 4. The molecule has 1 saturated heterocycles. The maximum atomic E-state index is 11.0. The fraction of sp³-hybridized carbons (Fsp3) is 0.846. The number of aliphatic hydroxyl groups excluding tert-OH is 4. The van der Waals surface area contributed by atoms with Crippen molar-refractivity contribution in [1.29, 1.82) is 0 Å². The van der Waals surface area contributed by atoms with Crippen LogP contribution in [0, 0.1) is 0 Å². The first-order chi connectivity index (χ1) is 10.8. The summed E-state index contributed by atoms with van der Waals surface area (Å²) >= 11 is 0. The molecule has 1 fully saturated rings. The third-order valence-corrected chi connectivity index (χ3v) is 3.10. The van der Waals surface area contributed by atoms with E-state index in [4.69, 9.17) is 24.1 Å². The molecule has 10 heteroatoms. The molecule has 0 saturated carbocycles. The van der Waals surface area contributed by atoms with Crippen LogP contribution in [0.1, 0.15) is 13.8 Å². The highest BCUT2D eigenvalue weighted by atomic mass is 16.7. The maximum Gasteiger partial charge on any atom is 0.303 e. The van der Waals surface area contributed by atoms with Crippen LogP contribution in [-0.4, -0.2) is 89.0 Å². The highest BCUT2D eigenvalue weighted by Crippen LogP contribution is 2.22. The van der Waals surface area contributed by atoms with Crippen LogP contribution < -0.4 is 0 Å². The third kappa shape index (κ3) is 6.01. The zero-order valence-electron chi connectivity index (χ0n) is 12.8. The lowest BCUT2D eigenvalue weighted by molar-refractivity contribution is -0.305. The minimum Gasteiger partial charge on any atom is -0.462 e. The van der Waals surface area contributed by atoms with Crippen molar-refractivity contribution in [2.75, 3.05) is 19.8 Å². The van der Waals surface area contributed by atoms with Gasteiger partial charge in [0.1, 0.15) is 31.0 Å². The zero-order valence-corrected chi connectivity index (χ0v) is 12.8. The van der Waals surface area contributed by atoms with Gasteiger partial charge in [-0.3, -0.25) is 9.59 Å². The van der Waals surface area contributed by atoms with Crippen molar-refractivity contribution in [3.05, 3.63) is 0 Å². The Balaban J connectivity index is 2.60. The Kier molecular flexibility index (Phi) is 7.82. The number of carbonyl (C=O) groups excluding carboxylic acids is 2. The topological polar surface area (TPSA) is 152 Å². The standard InChI is InChI=1S/C13H22O10/c1-6(15)20-4-8(22-7(2)16)5-21-13-12(19)11(18)10(17)9(3-14)23-13/h8-14,17-19H,3-5H2,1-2H3/t8-,9-,10+,11+,12-,13-/m1/s1. The highest BCUT2D eigenvalue weighted by Gasteiger charge is 2.44. The lowest BCUT2D eigenvalue weighted by Crippen LogP contribution is -2.59. The first-order valence-electron chi connectivity index (χ1n) is 6.99. The van der Waals surface area contributed by atoms with E-state index in [0.29, 0.717) is 0 Å². The predicted molar refractivity (Wildman–Crippen MR) is 71.9 cm³/mol. The molecule has 4 N–H and O–H groups in total. The van der Waals surface area contributed by atoms with Crippen molar-refractivity contribution in [2.45, 2.75) is 50.7 Å². The summed E-state index contributed by atoms with van der Waals surface area (Å²) in [6.45, 7) is 1.20. The molecule has 1 rings (SSSR count). The van der Waals surface area contributed by atoms with Crippen LogP contribution >= 0.6 is 0 Å². The van der Waals surface area contributed by atoms with Crippen LogP contribution in [0.3, 0.4) is 0 Å². The van der Waals surface area contributed by atoms with Gasteiger partial charge in [-0.1, -0.05) is 0 Å². The Morgan fingerprint density at radius 3 is 2.22 bits per heavy atom. The molecule has 134 valence electrons. The molecule has 0 aliphatic carbocycles. The molecular weight excluding hydrogens is 316 g/mol. The molecular formula is C13H22O10. The van der Waals surface area contributed by atoms with Gasteiger partial charge in [0.05, 0.1) is 13.2 Å². The van der Waals surface area contributed by atoms with Gasteiger partial charge in [0, 0.05) is 13.8 Å². The fourth-order valence-corrected chi connectivity index (χ4v) is 1.97. The summed E-state index contributed by atoms with van der Waals surface area (Å²) in [6.07, 6.45) is -8.06. The summed E-state index contributed by atoms with van der Waals surface area (Å²) in [5.41, 5.74) is 0. The second kappa shape index (κ2) is 9.11. The zero-order chi connectivity index (χ0) is 17.6. The van der Waals surface area contributed by atoms with Crippen LogP contribution in [-0.2, 0) is 28.5 Å². The summed E-state index contributed by atoms with van der Waals surface area (Å²) in [6, 6.07) is 0. The molecule has 1 aliphatic rings. The number of hydrogen-bond acceptors (Lipinski definition) is 10. The van der Waals surface area contributed by atoms with E-state index in [0.717, 1.165) is 6.92 Å². The minimum atomic E-state index is -1.58. The lowest BCUT2D eigenvalue weighted by Gasteiger charge is -2.39. The molecule has 0 aromatic carbocycles. The summed E-state index contributed by atoms with van der Waals surface area (Å²) in [5.74, 6) is -1.20. The molecule has 0 spiro atoms. The molecule has 0 aromatic heterocycles. The number of ether oxygens (including phenoxy) is 4. The van der Waals surface area contributed by atoms with E-state index in [1.54, 1.807) is 0 Å². The Morgan fingerprint density at radius 2 is 1.70 bits per heavy atom. The van der Waals surface area contributed by atoms with Gasteiger partial charge in [-0.05, 0) is 0 Å². The quantitative estimate of drug-likeness (QED) is 0.361. The monoisotopic (exact) mass is 338 g/mol. The molecule has 1 heterocycles. The van der Waals surface area contributed by atoms with E-state index in [9.17, 15) is 24.9 Å². The summed E-state index contributed by atoms with van der Waals surface area (Å²) in [5, 5.41) is 38.1. The van der Waals surface area contributed by atoms with Gasteiger partial charge in [-0.25, -0.2) is 0 Å². The normalized spacial score (nSPS) is 32.2. The van der Waals surface area contributed by atoms with E-state index in [1.165, 1.54) is 6.92 Å². The molecule has 0 unspecified atom stereocenters. The van der Waals surface area contributed by atoms with E-state index >= 15 is 0 Å². The van der Waals surface area contributed by atoms with Crippen molar-refractivity contribution in [3.63, 3.8) is 0 Å². The van der Waals surface area contributed by atoms with E-state index < -0.39 is 55.4 Å². The Morgan fingerprint density at radius 1 is 1.04 bits per heavy atom. The van der Waals surface area contributed by atoms with Gasteiger partial charge < -0.3 is 39.4 Å². The third-order valence-electron chi connectivity index (χ3n) is 3.10. The molecule has 1 aliphatic heterocycles. The van der Waals surface area contributed by atoms with Crippen molar-refractivity contribution in [2.24, 2.45) is 0 Å². The molecule has 23 heavy (non-hydrogen) atoms. The van der Waals surface area contributed by atoms with Gasteiger partial charge in [0.15, 0.2) is 12.4 Å². The highest BCUT2D eigenvalue weighted by molar-refractivity contribution is 5.67. The predicted octanol–water partition coefficient (Wildman–Crippen LogP) is -2.70. The van der Waals surface area contributed by atoms with Crippen LogP contribution in [0.25, 0.3) is 0 Å². The molecule has 0 radical (unpaired) electrons. The van der Waals surface area contributed by atoms with Crippen LogP contribution in [0.2, 0.25) is 0 Å². The first-order valence-corrected chi connectivity index (χ1v) is 6.99. The van der Waals surface area contributed by atoms with Gasteiger partial charge in [-0.2, -0.15) is 0 Å². The van der Waals surface area contributed by atoms with Crippen molar-refractivity contribution >= 4 is 11.9 Å². The average Bonchev–Trinajstić information content (AvgIpc) is 2.48. The number of hydrogen-bond donors (Lipinski definition) is 4. The van der Waals surface area contributed by atoms with Crippen LogP contribution in [0.15, 0.2) is 0 Å². The Bertz CT molecular complexity index is 398. The fourth-order valence-electron chi connectivity index (χ4n) is 1.97. The number of carbonyl (C=O) groups is 2. The van der Waals surface area contributed by atoms with Crippen molar-refractivity contribution in [1.82, 2.24) is 0 Å². The summed E-state index contributed by atoms with van der Waals surface area (Å²) < 4.78 is 20.0. The molecule has 0 bridgehead atoms. The number of rotatable bonds is 7. The lowest BCUT2D eigenvalue weighted by atomic mass is 9.99. The summed E-state index contributed by atoms with van der Waals surface area (Å²) in [4.78, 5) is 21.8. The van der Waals surface area contributed by atoms with Crippen LogP contribution in [0.4, 0.5) is 0 Å². The van der Waals surface area contributed by atoms with Gasteiger partial charge >= 0.3 is 11.9 Å². The van der Waals surface area contributed by atoms with E-state index in [2.05, 4.69) is 0 Å². The van der Waals surface area contributed by atoms with Crippen molar-refractivity contribution in [3.8, 4) is 0 Å². The summed E-state index contributed by atoms with van der Waals surface area (Å²) in [7, 11) is 0. The second-order valence-electron chi connectivity index (χ2n) is 5.06.